The van der Waals surface area contributed by atoms with Crippen molar-refractivity contribution in [2.45, 2.75) is 12.3 Å². The highest BCUT2D eigenvalue weighted by molar-refractivity contribution is 7.81. The van der Waals surface area contributed by atoms with E-state index in [1.54, 1.807) is 0 Å². The van der Waals surface area contributed by atoms with Gasteiger partial charge in [-0.05, 0) is 6.92 Å². The number of carbonyl (C=O) groups is 2. The van der Waals surface area contributed by atoms with Crippen LogP contribution in [0.2, 0.25) is 0 Å². The molecule has 0 spiro atoms. The maximum atomic E-state index is 11.2. The number of Topliss-reactive ketones (excluding diaryl/α,β-unsaturated/α-hetero) is 1. The maximum absolute atomic E-state index is 11.2. The van der Waals surface area contributed by atoms with E-state index >= 15 is 0 Å². The first-order valence-corrected chi connectivity index (χ1v) is 4.24. The van der Waals surface area contributed by atoms with Gasteiger partial charge in [-0.15, -0.1) is 0 Å². The Labute approximate surface area is 82.5 Å². The molecule has 0 saturated heterocycles. The van der Waals surface area contributed by atoms with Crippen LogP contribution in [-0.2, 0) is 14.3 Å². The summed E-state index contributed by atoms with van der Waals surface area (Å²) in [6, 6.07) is 0. The number of ketones is 1. The molecule has 5 heteroatoms. The summed E-state index contributed by atoms with van der Waals surface area (Å²) in [5, 5.41) is -0.824. The number of rotatable bonds is 5. The first-order valence-electron chi connectivity index (χ1n) is 3.72. The van der Waals surface area contributed by atoms with Crippen molar-refractivity contribution in [2.75, 3.05) is 6.61 Å². The number of thiol groups is 1. The van der Waals surface area contributed by atoms with Gasteiger partial charge in [-0.2, -0.15) is 12.6 Å². The average Bonchev–Trinajstić information content (AvgIpc) is 1.99. The number of carbonyl (C=O) groups excluding carboxylic acids is 2. The fraction of sp³-hybridized carbons (Fsp3) is 0.500. The van der Waals surface area contributed by atoms with Crippen LogP contribution < -0.4 is 5.73 Å². The largest absolute Gasteiger partial charge is 0.461 e. The number of esters is 1. The van der Waals surface area contributed by atoms with E-state index < -0.39 is 17.3 Å². The van der Waals surface area contributed by atoms with Gasteiger partial charge in [0.1, 0.15) is 18.3 Å². The fourth-order valence-electron chi connectivity index (χ4n) is 0.777. The summed E-state index contributed by atoms with van der Waals surface area (Å²) in [6.07, 6.45) is 1.42. The Morgan fingerprint density at radius 3 is 2.54 bits per heavy atom. The lowest BCUT2D eigenvalue weighted by atomic mass is 10.1. The van der Waals surface area contributed by atoms with Crippen LogP contribution in [0.5, 0.6) is 0 Å². The fourth-order valence-corrected chi connectivity index (χ4v) is 1.11. The summed E-state index contributed by atoms with van der Waals surface area (Å²) >= 11 is 3.82. The van der Waals surface area contributed by atoms with Crippen LogP contribution in [-0.4, -0.2) is 23.7 Å². The molecule has 2 atom stereocenters. The molecule has 13 heavy (non-hydrogen) atoms. The van der Waals surface area contributed by atoms with Crippen molar-refractivity contribution in [1.82, 2.24) is 0 Å². The quantitative estimate of drug-likeness (QED) is 0.219. The zero-order valence-corrected chi connectivity index (χ0v) is 8.29. The SMILES string of the molecule is C=CCOC(=O)C(C(C)=O)C(N)S. The summed E-state index contributed by atoms with van der Waals surface area (Å²) in [4.78, 5) is 22.1. The maximum Gasteiger partial charge on any atom is 0.319 e. The minimum absolute atomic E-state index is 0.0725. The molecule has 0 fully saturated rings. The molecule has 0 radical (unpaired) electrons. The molecular weight excluding hydrogens is 190 g/mol. The zero-order valence-electron chi connectivity index (χ0n) is 7.40. The van der Waals surface area contributed by atoms with Gasteiger partial charge in [0.15, 0.2) is 0 Å². The first kappa shape index (κ1) is 12.2. The molecule has 4 nitrogen and oxygen atoms in total. The van der Waals surface area contributed by atoms with Crippen molar-refractivity contribution in [3.63, 3.8) is 0 Å². The second-order valence-corrected chi connectivity index (χ2v) is 3.09. The van der Waals surface area contributed by atoms with Crippen LogP contribution in [0.15, 0.2) is 12.7 Å². The van der Waals surface area contributed by atoms with Crippen LogP contribution in [0.25, 0.3) is 0 Å². The Balaban J connectivity index is 4.29. The highest BCUT2D eigenvalue weighted by Crippen LogP contribution is 2.09. The molecule has 0 rings (SSSR count). The van der Waals surface area contributed by atoms with Gasteiger partial charge in [0.25, 0.3) is 0 Å². The molecule has 0 heterocycles. The summed E-state index contributed by atoms with van der Waals surface area (Å²) in [6.45, 7) is 4.72. The summed E-state index contributed by atoms with van der Waals surface area (Å²) in [7, 11) is 0. The van der Waals surface area contributed by atoms with Gasteiger partial charge >= 0.3 is 5.97 Å². The summed E-state index contributed by atoms with van der Waals surface area (Å²) < 4.78 is 4.67. The smallest absolute Gasteiger partial charge is 0.319 e. The molecule has 0 aliphatic carbocycles. The van der Waals surface area contributed by atoms with E-state index in [1.165, 1.54) is 13.0 Å². The van der Waals surface area contributed by atoms with Gasteiger partial charge in [0, 0.05) is 0 Å². The third-order valence-corrected chi connectivity index (χ3v) is 1.68. The lowest BCUT2D eigenvalue weighted by molar-refractivity contribution is -0.150. The van der Waals surface area contributed by atoms with Gasteiger partial charge in [-0.25, -0.2) is 0 Å². The predicted molar refractivity (Wildman–Crippen MR) is 52.3 cm³/mol. The molecule has 2 N–H and O–H groups in total. The molecule has 0 aromatic heterocycles. The number of nitrogens with two attached hydrogens (primary N) is 1. The van der Waals surface area contributed by atoms with Gasteiger partial charge in [-0.3, -0.25) is 9.59 Å². The van der Waals surface area contributed by atoms with Crippen molar-refractivity contribution in [1.29, 1.82) is 0 Å². The van der Waals surface area contributed by atoms with E-state index in [0.717, 1.165) is 0 Å². The van der Waals surface area contributed by atoms with Crippen molar-refractivity contribution >= 4 is 24.4 Å². The highest BCUT2D eigenvalue weighted by atomic mass is 32.1. The van der Waals surface area contributed by atoms with Gasteiger partial charge in [0.2, 0.25) is 0 Å². The van der Waals surface area contributed by atoms with E-state index in [1.807, 2.05) is 0 Å². The molecule has 0 aliphatic rings. The van der Waals surface area contributed by atoms with Crippen molar-refractivity contribution in [3.05, 3.63) is 12.7 Å². The van der Waals surface area contributed by atoms with E-state index in [4.69, 9.17) is 5.73 Å². The molecule has 0 amide bonds. The third-order valence-electron chi connectivity index (χ3n) is 1.38. The van der Waals surface area contributed by atoms with E-state index in [9.17, 15) is 9.59 Å². The molecule has 0 aromatic carbocycles. The molecule has 2 unspecified atom stereocenters. The second kappa shape index (κ2) is 5.77. The summed E-state index contributed by atoms with van der Waals surface area (Å²) in [5.41, 5.74) is 5.33. The molecule has 0 aliphatic heterocycles. The van der Waals surface area contributed by atoms with Gasteiger partial charge < -0.3 is 10.5 Å². The van der Waals surface area contributed by atoms with Crippen LogP contribution in [0.3, 0.4) is 0 Å². The average molecular weight is 203 g/mol. The molecule has 0 aromatic rings. The Bertz CT molecular complexity index is 215. The number of hydrogen-bond donors (Lipinski definition) is 2. The number of ether oxygens (including phenoxy) is 1. The zero-order chi connectivity index (χ0) is 10.4. The first-order chi connectivity index (χ1) is 6.00. The third kappa shape index (κ3) is 4.10. The number of hydrogen-bond acceptors (Lipinski definition) is 5. The minimum Gasteiger partial charge on any atom is -0.461 e. The Morgan fingerprint density at radius 1 is 1.69 bits per heavy atom. The monoisotopic (exact) mass is 203 g/mol. The highest BCUT2D eigenvalue weighted by Gasteiger charge is 2.29. The van der Waals surface area contributed by atoms with Crippen molar-refractivity contribution < 1.29 is 14.3 Å². The Kier molecular flexibility index (Phi) is 5.41. The molecule has 0 bridgehead atoms. The molecule has 0 saturated carbocycles. The van der Waals surface area contributed by atoms with E-state index in [2.05, 4.69) is 23.9 Å². The van der Waals surface area contributed by atoms with E-state index in [-0.39, 0.29) is 12.4 Å². The lowest BCUT2D eigenvalue weighted by Crippen LogP contribution is -2.37. The van der Waals surface area contributed by atoms with Crippen LogP contribution in [0.1, 0.15) is 6.92 Å². The Morgan fingerprint density at radius 2 is 2.23 bits per heavy atom. The Hall–Kier alpha value is -0.810. The lowest BCUT2D eigenvalue weighted by Gasteiger charge is -2.14. The minimum atomic E-state index is -0.997. The van der Waals surface area contributed by atoms with Gasteiger partial charge in [0.05, 0.1) is 5.37 Å². The van der Waals surface area contributed by atoms with Crippen LogP contribution in [0.4, 0.5) is 0 Å². The molecule has 74 valence electrons. The van der Waals surface area contributed by atoms with E-state index in [0.29, 0.717) is 0 Å². The second-order valence-electron chi connectivity index (χ2n) is 2.50. The predicted octanol–water partition coefficient (Wildman–Crippen LogP) is 0.135. The normalized spacial score (nSPS) is 14.4. The van der Waals surface area contributed by atoms with Gasteiger partial charge in [-0.1, -0.05) is 12.7 Å². The standard InChI is InChI=1S/C8H13NO3S/c1-3-4-12-8(11)6(5(2)10)7(9)13/h3,6-7,13H,1,4,9H2,2H3. The molecular formula is C8H13NO3S. The summed E-state index contributed by atoms with van der Waals surface area (Å²) in [5.74, 6) is -2.00. The van der Waals surface area contributed by atoms with Crippen LogP contribution in [0, 0.1) is 5.92 Å². The van der Waals surface area contributed by atoms with Crippen molar-refractivity contribution in [2.24, 2.45) is 11.7 Å². The van der Waals surface area contributed by atoms with Crippen LogP contribution >= 0.6 is 12.6 Å². The topological polar surface area (TPSA) is 69.4 Å². The van der Waals surface area contributed by atoms with Crippen molar-refractivity contribution in [3.8, 4) is 0 Å².